The average Bonchev–Trinajstić information content (AvgIpc) is 2.26. The van der Waals surface area contributed by atoms with Crippen molar-refractivity contribution in [3.05, 3.63) is 29.8 Å². The lowest BCUT2D eigenvalue weighted by molar-refractivity contribution is 0.151. The molecule has 0 saturated carbocycles. The van der Waals surface area contributed by atoms with Crippen LogP contribution < -0.4 is 5.32 Å². The minimum atomic E-state index is -2.39. The van der Waals surface area contributed by atoms with E-state index in [1.54, 1.807) is 6.07 Å². The van der Waals surface area contributed by atoms with Crippen molar-refractivity contribution in [3.63, 3.8) is 0 Å². The van der Waals surface area contributed by atoms with Crippen LogP contribution in [0.2, 0.25) is 0 Å². The van der Waals surface area contributed by atoms with Crippen molar-refractivity contribution in [3.8, 4) is 0 Å². The summed E-state index contributed by atoms with van der Waals surface area (Å²) in [5.41, 5.74) is 0.854. The first-order valence-corrected chi connectivity index (χ1v) is 5.32. The Morgan fingerprint density at radius 1 is 1.20 bits per heavy atom. The van der Waals surface area contributed by atoms with Crippen molar-refractivity contribution >= 4 is 5.69 Å². The summed E-state index contributed by atoms with van der Waals surface area (Å²) in [5.74, 6) is 0. The molecule has 0 bridgehead atoms. The molecule has 0 atom stereocenters. The highest BCUT2D eigenvalue weighted by molar-refractivity contribution is 5.46. The van der Waals surface area contributed by atoms with Crippen LogP contribution >= 0.6 is 0 Å². The number of rotatable bonds is 5. The van der Waals surface area contributed by atoms with Crippen molar-refractivity contribution in [2.24, 2.45) is 0 Å². The quantitative estimate of drug-likeness (QED) is 0.772. The first-order valence-electron chi connectivity index (χ1n) is 5.32. The first kappa shape index (κ1) is 12.0. The summed E-state index contributed by atoms with van der Waals surface area (Å²) in [4.78, 5) is 0. The van der Waals surface area contributed by atoms with E-state index in [9.17, 15) is 8.78 Å². The van der Waals surface area contributed by atoms with Crippen LogP contribution in [-0.2, 0) is 0 Å². The Balaban J connectivity index is 2.72. The van der Waals surface area contributed by atoms with E-state index < -0.39 is 6.43 Å². The summed E-state index contributed by atoms with van der Waals surface area (Å²) >= 11 is 0. The van der Waals surface area contributed by atoms with Crippen LogP contribution in [-0.4, -0.2) is 6.04 Å². The zero-order chi connectivity index (χ0) is 11.3. The molecule has 0 saturated heterocycles. The van der Waals surface area contributed by atoms with E-state index in [-0.39, 0.29) is 5.56 Å². The molecular weight excluding hydrogens is 196 g/mol. The molecule has 0 aliphatic carbocycles. The zero-order valence-electron chi connectivity index (χ0n) is 9.13. The summed E-state index contributed by atoms with van der Waals surface area (Å²) in [6, 6.07) is 6.81. The SMILES string of the molecule is CCC(CC)Nc1cccc(C(F)F)c1. The van der Waals surface area contributed by atoms with Gasteiger partial charge in [-0.05, 0) is 25.0 Å². The van der Waals surface area contributed by atoms with Crippen LogP contribution in [0.3, 0.4) is 0 Å². The molecule has 1 aromatic rings. The van der Waals surface area contributed by atoms with Gasteiger partial charge in [-0.15, -0.1) is 0 Å². The van der Waals surface area contributed by atoms with Crippen LogP contribution in [0.5, 0.6) is 0 Å². The minimum absolute atomic E-state index is 0.0750. The first-order chi connectivity index (χ1) is 7.17. The van der Waals surface area contributed by atoms with Gasteiger partial charge in [0.1, 0.15) is 0 Å². The van der Waals surface area contributed by atoms with E-state index in [0.29, 0.717) is 6.04 Å². The van der Waals surface area contributed by atoms with E-state index in [4.69, 9.17) is 0 Å². The number of nitrogens with one attached hydrogen (secondary N) is 1. The maximum Gasteiger partial charge on any atom is 0.263 e. The van der Waals surface area contributed by atoms with Gasteiger partial charge in [-0.25, -0.2) is 8.78 Å². The van der Waals surface area contributed by atoms with Crippen molar-refractivity contribution < 1.29 is 8.78 Å². The monoisotopic (exact) mass is 213 g/mol. The molecule has 15 heavy (non-hydrogen) atoms. The van der Waals surface area contributed by atoms with E-state index in [1.807, 2.05) is 6.07 Å². The van der Waals surface area contributed by atoms with Crippen molar-refractivity contribution in [1.82, 2.24) is 0 Å². The number of hydrogen-bond acceptors (Lipinski definition) is 1. The predicted molar refractivity (Wildman–Crippen MR) is 59.4 cm³/mol. The molecule has 0 amide bonds. The van der Waals surface area contributed by atoms with Crippen molar-refractivity contribution in [1.29, 1.82) is 0 Å². The summed E-state index contributed by atoms with van der Waals surface area (Å²) in [5, 5.41) is 3.24. The molecule has 84 valence electrons. The van der Waals surface area contributed by atoms with Crippen molar-refractivity contribution in [2.45, 2.75) is 39.2 Å². The highest BCUT2D eigenvalue weighted by Gasteiger charge is 2.08. The number of halogens is 2. The topological polar surface area (TPSA) is 12.0 Å². The van der Waals surface area contributed by atoms with Crippen molar-refractivity contribution in [2.75, 3.05) is 5.32 Å². The summed E-state index contributed by atoms with van der Waals surface area (Å²) in [6.07, 6.45) is -0.404. The van der Waals surface area contributed by atoms with Gasteiger partial charge in [-0.1, -0.05) is 26.0 Å². The summed E-state index contributed by atoms with van der Waals surface area (Å²) in [7, 11) is 0. The van der Waals surface area contributed by atoms with Crippen LogP contribution in [0.1, 0.15) is 38.7 Å². The van der Waals surface area contributed by atoms with E-state index in [2.05, 4.69) is 19.2 Å². The highest BCUT2D eigenvalue weighted by Crippen LogP contribution is 2.22. The fourth-order valence-electron chi connectivity index (χ4n) is 1.49. The molecule has 1 nitrogen and oxygen atoms in total. The second-order valence-corrected chi connectivity index (χ2v) is 3.58. The van der Waals surface area contributed by atoms with E-state index in [0.717, 1.165) is 18.5 Å². The largest absolute Gasteiger partial charge is 0.382 e. The van der Waals surface area contributed by atoms with Gasteiger partial charge in [0.25, 0.3) is 6.43 Å². The molecule has 1 rings (SSSR count). The molecule has 0 aliphatic rings. The Kier molecular flexibility index (Phi) is 4.53. The van der Waals surface area contributed by atoms with Crippen LogP contribution in [0.25, 0.3) is 0 Å². The maximum atomic E-state index is 12.4. The Bertz CT molecular complexity index is 295. The van der Waals surface area contributed by atoms with Crippen LogP contribution in [0.15, 0.2) is 24.3 Å². The molecule has 0 radical (unpaired) electrons. The fraction of sp³-hybridized carbons (Fsp3) is 0.500. The van der Waals surface area contributed by atoms with Gasteiger partial charge in [0.2, 0.25) is 0 Å². The normalized spacial score (nSPS) is 11.1. The molecule has 0 heterocycles. The minimum Gasteiger partial charge on any atom is -0.382 e. The Labute approximate surface area is 89.5 Å². The van der Waals surface area contributed by atoms with Gasteiger partial charge in [-0.3, -0.25) is 0 Å². The average molecular weight is 213 g/mol. The van der Waals surface area contributed by atoms with Gasteiger partial charge in [0.05, 0.1) is 0 Å². The molecule has 0 unspecified atom stereocenters. The van der Waals surface area contributed by atoms with Gasteiger partial charge in [-0.2, -0.15) is 0 Å². The predicted octanol–water partition coefficient (Wildman–Crippen LogP) is 4.22. The lowest BCUT2D eigenvalue weighted by Gasteiger charge is -2.16. The second-order valence-electron chi connectivity index (χ2n) is 3.58. The summed E-state index contributed by atoms with van der Waals surface area (Å²) < 4.78 is 24.8. The van der Waals surface area contributed by atoms with Crippen LogP contribution in [0, 0.1) is 0 Å². The van der Waals surface area contributed by atoms with Gasteiger partial charge in [0.15, 0.2) is 0 Å². The molecule has 0 aromatic heterocycles. The number of alkyl halides is 2. The molecule has 1 N–H and O–H groups in total. The molecule has 1 aromatic carbocycles. The Morgan fingerprint density at radius 2 is 1.87 bits per heavy atom. The van der Waals surface area contributed by atoms with Gasteiger partial charge < -0.3 is 5.32 Å². The fourth-order valence-corrected chi connectivity index (χ4v) is 1.49. The number of anilines is 1. The van der Waals surface area contributed by atoms with Crippen LogP contribution in [0.4, 0.5) is 14.5 Å². The molecule has 0 spiro atoms. The molecule has 3 heteroatoms. The second kappa shape index (κ2) is 5.69. The number of hydrogen-bond donors (Lipinski definition) is 1. The standard InChI is InChI=1S/C12H17F2N/c1-3-10(4-2)15-11-7-5-6-9(8-11)12(13)14/h5-8,10,12,15H,3-4H2,1-2H3. The Hall–Kier alpha value is -1.12. The Morgan fingerprint density at radius 3 is 2.40 bits per heavy atom. The summed E-state index contributed by atoms with van der Waals surface area (Å²) in [6.45, 7) is 4.16. The number of benzene rings is 1. The lowest BCUT2D eigenvalue weighted by atomic mass is 10.1. The van der Waals surface area contributed by atoms with Gasteiger partial charge >= 0.3 is 0 Å². The zero-order valence-corrected chi connectivity index (χ0v) is 9.13. The molecule has 0 fully saturated rings. The van der Waals surface area contributed by atoms with E-state index >= 15 is 0 Å². The van der Waals surface area contributed by atoms with Gasteiger partial charge in [0, 0.05) is 17.3 Å². The lowest BCUT2D eigenvalue weighted by Crippen LogP contribution is -2.16. The molecular formula is C12H17F2N. The smallest absolute Gasteiger partial charge is 0.263 e. The third-order valence-electron chi connectivity index (χ3n) is 2.49. The maximum absolute atomic E-state index is 12.4. The third kappa shape index (κ3) is 3.50. The molecule has 0 aliphatic heterocycles. The highest BCUT2D eigenvalue weighted by atomic mass is 19.3. The van der Waals surface area contributed by atoms with E-state index in [1.165, 1.54) is 12.1 Å². The third-order valence-corrected chi connectivity index (χ3v) is 2.49.